The smallest absolute Gasteiger partial charge is 0.241 e. The Kier molecular flexibility index (Phi) is 5.25. The van der Waals surface area contributed by atoms with Crippen LogP contribution in [-0.4, -0.2) is 13.4 Å². The molecular weight excluding hydrogens is 494 g/mol. The van der Waals surface area contributed by atoms with E-state index in [1.165, 1.54) is 6.20 Å². The number of nitrogens with zero attached hydrogens (tertiary/aromatic N) is 1. The average Bonchev–Trinajstić information content (AvgIpc) is 2.58. The van der Waals surface area contributed by atoms with Crippen LogP contribution in [0.2, 0.25) is 0 Å². The van der Waals surface area contributed by atoms with Crippen LogP contribution in [0, 0.1) is 11.6 Å². The molecule has 0 atom stereocenters. The number of halogens is 4. The fourth-order valence-electron chi connectivity index (χ4n) is 2.44. The first kappa shape index (κ1) is 19.1. The second-order valence-corrected chi connectivity index (χ2v) is 8.57. The van der Waals surface area contributed by atoms with E-state index in [1.54, 1.807) is 30.3 Å². The van der Waals surface area contributed by atoms with Crippen molar-refractivity contribution >= 4 is 41.9 Å². The number of pyridine rings is 1. The van der Waals surface area contributed by atoms with Crippen LogP contribution in [0.25, 0.3) is 22.4 Å². The third-order valence-electron chi connectivity index (χ3n) is 3.62. The monoisotopic (exact) mass is 502 g/mol. The van der Waals surface area contributed by atoms with Gasteiger partial charge in [-0.3, -0.25) is 4.98 Å². The van der Waals surface area contributed by atoms with E-state index in [9.17, 15) is 17.2 Å². The van der Waals surface area contributed by atoms with Crippen LogP contribution in [0.15, 0.2) is 62.5 Å². The van der Waals surface area contributed by atoms with Gasteiger partial charge < -0.3 is 0 Å². The van der Waals surface area contributed by atoms with Gasteiger partial charge in [0.2, 0.25) is 10.0 Å². The Morgan fingerprint density at radius 2 is 1.65 bits per heavy atom. The first-order valence-electron chi connectivity index (χ1n) is 7.11. The molecule has 0 saturated heterocycles. The quantitative estimate of drug-likeness (QED) is 0.554. The summed E-state index contributed by atoms with van der Waals surface area (Å²) in [6, 6.07) is 10.1. The lowest BCUT2D eigenvalue weighted by atomic mass is 9.99. The Morgan fingerprint density at radius 1 is 0.923 bits per heavy atom. The molecule has 2 aromatic carbocycles. The highest BCUT2D eigenvalue weighted by Gasteiger charge is 2.21. The van der Waals surface area contributed by atoms with E-state index in [1.807, 2.05) is 0 Å². The molecule has 134 valence electrons. The van der Waals surface area contributed by atoms with Crippen LogP contribution >= 0.6 is 31.9 Å². The van der Waals surface area contributed by atoms with Crippen LogP contribution in [0.3, 0.4) is 0 Å². The van der Waals surface area contributed by atoms with E-state index in [2.05, 4.69) is 36.8 Å². The molecule has 2 N–H and O–H groups in total. The van der Waals surface area contributed by atoms with Gasteiger partial charge in [-0.05, 0) is 67.8 Å². The van der Waals surface area contributed by atoms with Crippen molar-refractivity contribution < 1.29 is 17.2 Å². The number of nitrogens with two attached hydrogens (primary N) is 1. The first-order chi connectivity index (χ1) is 12.2. The third-order valence-corrected chi connectivity index (χ3v) is 6.43. The minimum absolute atomic E-state index is 0.162. The van der Waals surface area contributed by atoms with Crippen molar-refractivity contribution in [3.63, 3.8) is 0 Å². The number of hydrogen-bond donors (Lipinski definition) is 1. The number of hydrogen-bond acceptors (Lipinski definition) is 3. The molecule has 9 heteroatoms. The van der Waals surface area contributed by atoms with E-state index in [0.29, 0.717) is 11.6 Å². The zero-order valence-electron chi connectivity index (χ0n) is 12.9. The largest absolute Gasteiger partial charge is 0.255 e. The predicted octanol–water partition coefficient (Wildman–Crippen LogP) is 4.87. The van der Waals surface area contributed by atoms with Gasteiger partial charge in [-0.15, -0.1) is 0 Å². The summed E-state index contributed by atoms with van der Waals surface area (Å²) in [7, 11) is -4.37. The number of benzene rings is 2. The predicted molar refractivity (Wildman–Crippen MR) is 102 cm³/mol. The molecule has 0 fully saturated rings. The second kappa shape index (κ2) is 7.15. The molecule has 0 unspecified atom stereocenters. The van der Waals surface area contributed by atoms with Gasteiger partial charge in [0.15, 0.2) is 0 Å². The van der Waals surface area contributed by atoms with Crippen LogP contribution in [0.1, 0.15) is 0 Å². The molecule has 0 amide bonds. The standard InChI is InChI=1S/C17H10Br2F2N2O2S/c18-12-4-3-9(6-13(12)19)10-2-1-5-23-17(10)11-7-15(21)16(8-14(11)20)26(22,24)25/h1-8H,(H2,22,24,25). The van der Waals surface area contributed by atoms with Gasteiger partial charge in [-0.25, -0.2) is 22.3 Å². The molecule has 3 aromatic rings. The van der Waals surface area contributed by atoms with Gasteiger partial charge in [-0.2, -0.15) is 0 Å². The van der Waals surface area contributed by atoms with E-state index in [-0.39, 0.29) is 11.3 Å². The van der Waals surface area contributed by atoms with Crippen LogP contribution in [0.4, 0.5) is 8.78 Å². The van der Waals surface area contributed by atoms with E-state index >= 15 is 0 Å². The van der Waals surface area contributed by atoms with Crippen molar-refractivity contribution in [1.29, 1.82) is 0 Å². The summed E-state index contributed by atoms with van der Waals surface area (Å²) in [5.74, 6) is -2.08. The van der Waals surface area contributed by atoms with Crippen molar-refractivity contribution in [3.05, 3.63) is 69.2 Å². The Hall–Kier alpha value is -1.68. The Bertz CT molecular complexity index is 1120. The summed E-state index contributed by atoms with van der Waals surface area (Å²) in [4.78, 5) is 3.26. The summed E-state index contributed by atoms with van der Waals surface area (Å²) >= 11 is 6.77. The maximum absolute atomic E-state index is 14.5. The van der Waals surface area contributed by atoms with E-state index in [4.69, 9.17) is 5.14 Å². The number of aromatic nitrogens is 1. The molecule has 0 aliphatic heterocycles. The van der Waals surface area contributed by atoms with Gasteiger partial charge in [0, 0.05) is 26.3 Å². The van der Waals surface area contributed by atoms with Crippen molar-refractivity contribution in [2.75, 3.05) is 0 Å². The van der Waals surface area contributed by atoms with Crippen LogP contribution in [0.5, 0.6) is 0 Å². The molecule has 0 radical (unpaired) electrons. The van der Waals surface area contributed by atoms with Crippen molar-refractivity contribution in [3.8, 4) is 22.4 Å². The summed E-state index contributed by atoms with van der Waals surface area (Å²) in [5, 5.41) is 4.91. The van der Waals surface area contributed by atoms with Crippen LogP contribution in [-0.2, 0) is 10.0 Å². The number of primary sulfonamides is 1. The molecule has 0 aliphatic carbocycles. The SMILES string of the molecule is NS(=O)(=O)c1cc(F)c(-c2ncccc2-c2ccc(Br)c(Br)c2)cc1F. The van der Waals surface area contributed by atoms with Gasteiger partial charge in [-0.1, -0.05) is 12.1 Å². The summed E-state index contributed by atoms with van der Waals surface area (Å²) < 4.78 is 53.1. The minimum Gasteiger partial charge on any atom is -0.255 e. The molecule has 0 bridgehead atoms. The molecule has 0 saturated carbocycles. The van der Waals surface area contributed by atoms with Crippen molar-refractivity contribution in [1.82, 2.24) is 4.98 Å². The highest BCUT2D eigenvalue weighted by atomic mass is 79.9. The summed E-state index contributed by atoms with van der Waals surface area (Å²) in [5.41, 5.74) is 1.30. The summed E-state index contributed by atoms with van der Waals surface area (Å²) in [6.45, 7) is 0. The molecular formula is C17H10Br2F2N2O2S. The summed E-state index contributed by atoms with van der Waals surface area (Å²) in [6.07, 6.45) is 1.44. The lowest BCUT2D eigenvalue weighted by Crippen LogP contribution is -2.14. The molecule has 0 spiro atoms. The first-order valence-corrected chi connectivity index (χ1v) is 10.2. The Labute approximate surface area is 165 Å². The molecule has 4 nitrogen and oxygen atoms in total. The minimum atomic E-state index is -4.37. The normalized spacial score (nSPS) is 11.6. The van der Waals surface area contributed by atoms with Gasteiger partial charge in [0.05, 0.1) is 5.69 Å². The highest BCUT2D eigenvalue weighted by Crippen LogP contribution is 2.36. The third kappa shape index (κ3) is 3.71. The maximum atomic E-state index is 14.5. The maximum Gasteiger partial charge on any atom is 0.241 e. The topological polar surface area (TPSA) is 73.1 Å². The number of rotatable bonds is 3. The molecule has 26 heavy (non-hydrogen) atoms. The lowest BCUT2D eigenvalue weighted by Gasteiger charge is -2.12. The molecule has 1 aromatic heterocycles. The second-order valence-electron chi connectivity index (χ2n) is 5.34. The van der Waals surface area contributed by atoms with Gasteiger partial charge in [0.25, 0.3) is 0 Å². The fourth-order valence-corrected chi connectivity index (χ4v) is 3.67. The van der Waals surface area contributed by atoms with Crippen molar-refractivity contribution in [2.45, 2.75) is 4.90 Å². The highest BCUT2D eigenvalue weighted by molar-refractivity contribution is 9.13. The van der Waals surface area contributed by atoms with Crippen LogP contribution < -0.4 is 5.14 Å². The zero-order chi connectivity index (χ0) is 19.1. The average molecular weight is 504 g/mol. The fraction of sp³-hybridized carbons (Fsp3) is 0. The van der Waals surface area contributed by atoms with Crippen molar-refractivity contribution in [2.24, 2.45) is 5.14 Å². The van der Waals surface area contributed by atoms with Gasteiger partial charge in [0.1, 0.15) is 16.5 Å². The Balaban J connectivity index is 2.23. The molecule has 3 rings (SSSR count). The molecule has 0 aliphatic rings. The Morgan fingerprint density at radius 3 is 2.31 bits per heavy atom. The lowest BCUT2D eigenvalue weighted by molar-refractivity contribution is 0.555. The zero-order valence-corrected chi connectivity index (χ0v) is 16.9. The molecule has 1 heterocycles. The number of sulfonamides is 1. The van der Waals surface area contributed by atoms with E-state index in [0.717, 1.165) is 20.6 Å². The van der Waals surface area contributed by atoms with Gasteiger partial charge >= 0.3 is 0 Å². The van der Waals surface area contributed by atoms with E-state index < -0.39 is 26.6 Å².